The number of nitrogens with zero attached hydrogens (tertiary/aromatic N) is 2. The molecule has 1 aromatic heterocycles. The summed E-state index contributed by atoms with van der Waals surface area (Å²) in [5.74, 6) is -3.63. The van der Waals surface area contributed by atoms with Crippen molar-refractivity contribution in [3.8, 4) is 0 Å². The Kier molecular flexibility index (Phi) is 4.31. The third-order valence-electron chi connectivity index (χ3n) is 2.48. The van der Waals surface area contributed by atoms with Crippen molar-refractivity contribution in [1.82, 2.24) is 9.55 Å². The Bertz CT molecular complexity index is 476. The molecule has 0 radical (unpaired) electrons. The Balaban J connectivity index is 2.99. The summed E-state index contributed by atoms with van der Waals surface area (Å²) in [6.07, 6.45) is 2.92. The highest BCUT2D eigenvalue weighted by molar-refractivity contribution is 5.95. The van der Waals surface area contributed by atoms with Gasteiger partial charge in [0.1, 0.15) is 5.60 Å². The van der Waals surface area contributed by atoms with Gasteiger partial charge in [0.2, 0.25) is 0 Å². The van der Waals surface area contributed by atoms with E-state index in [1.54, 1.807) is 32.4 Å². The summed E-state index contributed by atoms with van der Waals surface area (Å²) in [5, 5.41) is 9.19. The molecule has 7 nitrogen and oxygen atoms in total. The lowest BCUT2D eigenvalue weighted by atomic mass is 9.97. The van der Waals surface area contributed by atoms with Gasteiger partial charge in [-0.15, -0.1) is 0 Å². The molecule has 1 heterocycles. The quantitative estimate of drug-likeness (QED) is 0.607. The average molecular weight is 269 g/mol. The number of hydrogen-bond donors (Lipinski definition) is 2. The zero-order chi connectivity index (χ0) is 14.8. The molecule has 0 bridgehead atoms. The van der Waals surface area contributed by atoms with E-state index in [9.17, 15) is 14.7 Å². The van der Waals surface area contributed by atoms with Gasteiger partial charge in [0.15, 0.2) is 5.92 Å². The number of carboxylic acid groups (broad SMARTS) is 1. The number of carboxylic acids is 1. The maximum atomic E-state index is 11.9. The van der Waals surface area contributed by atoms with Gasteiger partial charge in [-0.3, -0.25) is 9.59 Å². The standard InChI is InChI=1S/C12H19N3O4/c1-12(2,3)19-11(18)8(10(16)17)9(13)7-5-14-6-15(7)4/h5-6,8-9H,13H2,1-4H3,(H,16,17)/t8-,9?/m0/s1. The molecular formula is C12H19N3O4. The van der Waals surface area contributed by atoms with Crippen LogP contribution in [0, 0.1) is 5.92 Å². The SMILES string of the molecule is Cn1cncc1C(N)[C@@H](C(=O)O)C(=O)OC(C)(C)C. The summed E-state index contributed by atoms with van der Waals surface area (Å²) < 4.78 is 6.67. The largest absolute Gasteiger partial charge is 0.481 e. The second-order valence-electron chi connectivity index (χ2n) is 5.30. The van der Waals surface area contributed by atoms with E-state index in [-0.39, 0.29) is 0 Å². The summed E-state index contributed by atoms with van der Waals surface area (Å²) >= 11 is 0. The third-order valence-corrected chi connectivity index (χ3v) is 2.48. The number of esters is 1. The minimum atomic E-state index is -1.46. The fourth-order valence-corrected chi connectivity index (χ4v) is 1.63. The highest BCUT2D eigenvalue weighted by atomic mass is 16.6. The lowest BCUT2D eigenvalue weighted by Gasteiger charge is -2.25. The Morgan fingerprint density at radius 1 is 1.47 bits per heavy atom. The third kappa shape index (κ3) is 3.78. The molecular weight excluding hydrogens is 250 g/mol. The molecule has 1 rings (SSSR count). The summed E-state index contributed by atoms with van der Waals surface area (Å²) in [6.45, 7) is 5.00. The minimum absolute atomic E-state index is 0.457. The molecule has 1 aromatic rings. The van der Waals surface area contributed by atoms with Crippen LogP contribution in [-0.2, 0) is 21.4 Å². The van der Waals surface area contributed by atoms with Crippen LogP contribution in [0.4, 0.5) is 0 Å². The van der Waals surface area contributed by atoms with Crippen molar-refractivity contribution >= 4 is 11.9 Å². The fourth-order valence-electron chi connectivity index (χ4n) is 1.63. The summed E-state index contributed by atoms with van der Waals surface area (Å²) in [6, 6.07) is -1.01. The zero-order valence-electron chi connectivity index (χ0n) is 11.5. The summed E-state index contributed by atoms with van der Waals surface area (Å²) in [5.41, 5.74) is 5.55. The first kappa shape index (κ1) is 15.2. The first-order valence-corrected chi connectivity index (χ1v) is 5.81. The zero-order valence-corrected chi connectivity index (χ0v) is 11.5. The first-order valence-electron chi connectivity index (χ1n) is 5.81. The van der Waals surface area contributed by atoms with E-state index >= 15 is 0 Å². The van der Waals surface area contributed by atoms with E-state index in [0.29, 0.717) is 5.69 Å². The molecule has 7 heteroatoms. The molecule has 2 atom stereocenters. The van der Waals surface area contributed by atoms with Crippen molar-refractivity contribution in [3.63, 3.8) is 0 Å². The number of hydrogen-bond acceptors (Lipinski definition) is 5. The van der Waals surface area contributed by atoms with Crippen molar-refractivity contribution in [2.45, 2.75) is 32.4 Å². The van der Waals surface area contributed by atoms with Crippen LogP contribution in [0.25, 0.3) is 0 Å². The second-order valence-corrected chi connectivity index (χ2v) is 5.30. The minimum Gasteiger partial charge on any atom is -0.481 e. The van der Waals surface area contributed by atoms with Gasteiger partial charge in [-0.05, 0) is 20.8 Å². The van der Waals surface area contributed by atoms with Crippen molar-refractivity contribution < 1.29 is 19.4 Å². The van der Waals surface area contributed by atoms with E-state index in [1.807, 2.05) is 0 Å². The number of nitrogens with two attached hydrogens (primary N) is 1. The van der Waals surface area contributed by atoms with E-state index < -0.39 is 29.5 Å². The highest BCUT2D eigenvalue weighted by Crippen LogP contribution is 2.22. The van der Waals surface area contributed by atoms with Gasteiger partial charge in [-0.2, -0.15) is 0 Å². The smallest absolute Gasteiger partial charge is 0.322 e. The molecule has 19 heavy (non-hydrogen) atoms. The predicted molar refractivity (Wildman–Crippen MR) is 67.1 cm³/mol. The normalized spacial score (nSPS) is 14.8. The fraction of sp³-hybridized carbons (Fsp3) is 0.583. The van der Waals surface area contributed by atoms with Gasteiger partial charge in [0, 0.05) is 13.2 Å². The number of rotatable bonds is 4. The van der Waals surface area contributed by atoms with Crippen LogP contribution in [-0.4, -0.2) is 32.2 Å². The molecule has 0 saturated carbocycles. The summed E-state index contributed by atoms with van der Waals surface area (Å²) in [4.78, 5) is 27.1. The van der Waals surface area contributed by atoms with Crippen LogP contribution in [0.3, 0.4) is 0 Å². The molecule has 0 aromatic carbocycles. The predicted octanol–water partition coefficient (Wildman–Crippen LogP) is 0.462. The Hall–Kier alpha value is -1.89. The molecule has 106 valence electrons. The van der Waals surface area contributed by atoms with Crippen molar-refractivity contribution in [2.24, 2.45) is 18.7 Å². The monoisotopic (exact) mass is 269 g/mol. The van der Waals surface area contributed by atoms with Crippen LogP contribution in [0.15, 0.2) is 12.5 Å². The van der Waals surface area contributed by atoms with Crippen LogP contribution >= 0.6 is 0 Å². The Morgan fingerprint density at radius 3 is 2.42 bits per heavy atom. The van der Waals surface area contributed by atoms with Crippen molar-refractivity contribution in [1.29, 1.82) is 0 Å². The van der Waals surface area contributed by atoms with Gasteiger partial charge in [-0.1, -0.05) is 0 Å². The maximum absolute atomic E-state index is 11.9. The molecule has 3 N–H and O–H groups in total. The van der Waals surface area contributed by atoms with Gasteiger partial charge in [0.05, 0.1) is 18.1 Å². The lowest BCUT2D eigenvalue weighted by Crippen LogP contribution is -2.39. The van der Waals surface area contributed by atoms with Crippen LogP contribution in [0.1, 0.15) is 32.5 Å². The highest BCUT2D eigenvalue weighted by Gasteiger charge is 2.38. The molecule has 0 aliphatic heterocycles. The summed E-state index contributed by atoms with van der Waals surface area (Å²) in [7, 11) is 1.68. The molecule has 1 unspecified atom stereocenters. The van der Waals surface area contributed by atoms with E-state index in [4.69, 9.17) is 10.5 Å². The maximum Gasteiger partial charge on any atom is 0.322 e. The van der Waals surface area contributed by atoms with Gasteiger partial charge in [-0.25, -0.2) is 4.98 Å². The number of aliphatic carboxylic acids is 1. The Labute approximate surface area is 111 Å². The molecule has 0 spiro atoms. The van der Waals surface area contributed by atoms with Gasteiger partial charge in [0.25, 0.3) is 0 Å². The number of aromatic nitrogens is 2. The number of imidazole rings is 1. The second kappa shape index (κ2) is 5.40. The molecule has 0 aliphatic carbocycles. The van der Waals surface area contributed by atoms with E-state index in [2.05, 4.69) is 4.98 Å². The number of carbonyl (C=O) groups excluding carboxylic acids is 1. The number of carbonyl (C=O) groups is 2. The Morgan fingerprint density at radius 2 is 2.05 bits per heavy atom. The van der Waals surface area contributed by atoms with Gasteiger partial charge < -0.3 is 20.1 Å². The topological polar surface area (TPSA) is 107 Å². The van der Waals surface area contributed by atoms with E-state index in [1.165, 1.54) is 12.5 Å². The van der Waals surface area contributed by atoms with E-state index in [0.717, 1.165) is 0 Å². The lowest BCUT2D eigenvalue weighted by molar-refractivity contribution is -0.167. The first-order chi connectivity index (χ1) is 8.63. The van der Waals surface area contributed by atoms with Crippen molar-refractivity contribution in [3.05, 3.63) is 18.2 Å². The number of aryl methyl sites for hydroxylation is 1. The molecule has 0 fully saturated rings. The van der Waals surface area contributed by atoms with Crippen molar-refractivity contribution in [2.75, 3.05) is 0 Å². The molecule has 0 amide bonds. The molecule has 0 aliphatic rings. The van der Waals surface area contributed by atoms with Gasteiger partial charge >= 0.3 is 11.9 Å². The number of ether oxygens (including phenoxy) is 1. The van der Waals surface area contributed by atoms with Crippen LogP contribution < -0.4 is 5.73 Å². The molecule has 0 saturated heterocycles. The average Bonchev–Trinajstić information content (AvgIpc) is 2.60. The van der Waals surface area contributed by atoms with Crippen LogP contribution in [0.5, 0.6) is 0 Å². The van der Waals surface area contributed by atoms with Crippen LogP contribution in [0.2, 0.25) is 0 Å².